The zero-order valence-electron chi connectivity index (χ0n) is 31.8. The van der Waals surface area contributed by atoms with E-state index in [0.29, 0.717) is 0 Å². The van der Waals surface area contributed by atoms with Crippen molar-refractivity contribution in [2.75, 3.05) is 53.4 Å². The van der Waals surface area contributed by atoms with Gasteiger partial charge in [0.15, 0.2) is 0 Å². The summed E-state index contributed by atoms with van der Waals surface area (Å²) in [5.74, 6) is -1.89. The Balaban J connectivity index is 0.000000712. The monoisotopic (exact) mass is 706 g/mol. The van der Waals surface area contributed by atoms with Gasteiger partial charge in [-0.25, -0.2) is 9.59 Å². The lowest BCUT2D eigenvalue weighted by atomic mass is 10.2. The van der Waals surface area contributed by atoms with Crippen molar-refractivity contribution in [2.24, 2.45) is 0 Å². The predicted molar refractivity (Wildman–Crippen MR) is 210 cm³/mol. The fraction of sp³-hybridized carbons (Fsp3) is 0.650. The van der Waals surface area contributed by atoms with Crippen molar-refractivity contribution >= 4 is 33.5 Å². The summed E-state index contributed by atoms with van der Waals surface area (Å²) in [5.41, 5.74) is 0.510. The van der Waals surface area contributed by atoms with Crippen LogP contribution in [0.5, 0.6) is 0 Å². The second kappa shape index (κ2) is 27.8. The molecular formula is C40H70N2O4S2+2. The number of hydrogen-bond acceptors (Lipinski definition) is 4. The topological polar surface area (TPSA) is 74.6 Å². The molecule has 2 aromatic rings. The van der Waals surface area contributed by atoms with Crippen LogP contribution in [0.2, 0.25) is 0 Å². The summed E-state index contributed by atoms with van der Waals surface area (Å²) in [4.78, 5) is 23.3. The Kier molecular flexibility index (Phi) is 26.6. The van der Waals surface area contributed by atoms with Crippen LogP contribution in [0, 0.1) is 0 Å². The lowest BCUT2D eigenvalue weighted by Gasteiger charge is -2.34. The lowest BCUT2D eigenvalue weighted by Crippen LogP contribution is -2.46. The van der Waals surface area contributed by atoms with Crippen LogP contribution in [0.4, 0.5) is 0 Å². The van der Waals surface area contributed by atoms with Crippen molar-refractivity contribution in [3.63, 3.8) is 0 Å². The van der Waals surface area contributed by atoms with Gasteiger partial charge in [-0.1, -0.05) is 102 Å². The Morgan fingerprint density at radius 3 is 0.833 bits per heavy atom. The molecule has 0 fully saturated rings. The van der Waals surface area contributed by atoms with Crippen molar-refractivity contribution in [1.29, 1.82) is 0 Å². The van der Waals surface area contributed by atoms with Crippen LogP contribution in [-0.2, 0) is 0 Å². The first-order valence-electron chi connectivity index (χ1n) is 18.6. The molecule has 0 aliphatic heterocycles. The Labute approximate surface area is 302 Å². The van der Waals surface area contributed by atoms with Crippen molar-refractivity contribution in [3.05, 3.63) is 59.7 Å². The van der Waals surface area contributed by atoms with Crippen molar-refractivity contribution in [3.8, 4) is 0 Å². The minimum Gasteiger partial charge on any atom is -0.478 e. The molecule has 0 aliphatic carbocycles. The molecule has 0 aromatic heterocycles. The first-order chi connectivity index (χ1) is 22.9. The van der Waals surface area contributed by atoms with E-state index >= 15 is 0 Å². The molecular weight excluding hydrogens is 637 g/mol. The van der Waals surface area contributed by atoms with Gasteiger partial charge in [-0.15, -0.1) is 0 Å². The molecule has 0 amide bonds. The maximum absolute atomic E-state index is 10.7. The van der Waals surface area contributed by atoms with Gasteiger partial charge in [0.25, 0.3) is 0 Å². The third-order valence-corrected chi connectivity index (χ3v) is 11.2. The maximum Gasteiger partial charge on any atom is 0.335 e. The first-order valence-corrected chi connectivity index (χ1v) is 20.8. The van der Waals surface area contributed by atoms with Crippen LogP contribution in [0.1, 0.15) is 139 Å². The number of rotatable bonds is 23. The van der Waals surface area contributed by atoms with Crippen LogP contribution in [-0.4, -0.2) is 84.5 Å². The van der Waals surface area contributed by atoms with E-state index in [1.165, 1.54) is 147 Å². The molecule has 274 valence electrons. The largest absolute Gasteiger partial charge is 0.478 e. The van der Waals surface area contributed by atoms with Gasteiger partial charge < -0.3 is 19.2 Å². The number of aromatic carboxylic acids is 2. The first kappa shape index (κ1) is 46.0. The highest BCUT2D eigenvalue weighted by Crippen LogP contribution is 2.37. The van der Waals surface area contributed by atoms with Crippen molar-refractivity contribution in [1.82, 2.24) is 0 Å². The second-order valence-electron chi connectivity index (χ2n) is 13.5. The quantitative estimate of drug-likeness (QED) is 0.0885. The van der Waals surface area contributed by atoms with E-state index in [2.05, 4.69) is 55.6 Å². The molecule has 0 bridgehead atoms. The minimum atomic E-state index is -0.946. The molecule has 0 radical (unpaired) electrons. The molecule has 0 aliphatic rings. The average molecular weight is 707 g/mol. The number of hydrogen-bond donors (Lipinski definition) is 2. The van der Waals surface area contributed by atoms with Gasteiger partial charge in [0.05, 0.1) is 64.5 Å². The van der Waals surface area contributed by atoms with Gasteiger partial charge in [-0.2, -0.15) is 0 Å². The molecule has 6 nitrogen and oxygen atoms in total. The van der Waals surface area contributed by atoms with E-state index in [9.17, 15) is 9.59 Å². The van der Waals surface area contributed by atoms with Crippen LogP contribution < -0.4 is 0 Å². The third-order valence-electron chi connectivity index (χ3n) is 8.75. The fourth-order valence-corrected chi connectivity index (χ4v) is 7.24. The standard InChI is InChI=1S/C14H10O4S2.2C13H30N/c15-13(16)9-1-5-11(6-2-9)19-20-12-7-3-10(4-8-12)14(17)18;2*1-5-8-11-14(4,12-9-6-2)13-10-7-3/h1-8H,(H,15,16)(H,17,18);2*5-13H2,1-4H3/q;2*+1. The Morgan fingerprint density at radius 1 is 0.458 bits per heavy atom. The molecule has 2 N–H and O–H groups in total. The molecule has 2 aromatic carbocycles. The predicted octanol–water partition coefficient (Wildman–Crippen LogP) is 11.5. The third kappa shape index (κ3) is 21.9. The summed E-state index contributed by atoms with van der Waals surface area (Å²) in [6.45, 7) is 22.1. The van der Waals surface area contributed by atoms with E-state index < -0.39 is 11.9 Å². The van der Waals surface area contributed by atoms with Crippen LogP contribution >= 0.6 is 21.6 Å². The number of carboxylic acid groups (broad SMARTS) is 2. The summed E-state index contributed by atoms with van der Waals surface area (Å²) in [6, 6.07) is 13.2. The molecule has 0 atom stereocenters. The maximum atomic E-state index is 10.7. The lowest BCUT2D eigenvalue weighted by molar-refractivity contribution is -0.910. The normalized spacial score (nSPS) is 11.2. The van der Waals surface area contributed by atoms with Gasteiger partial charge in [-0.3, -0.25) is 0 Å². The van der Waals surface area contributed by atoms with Gasteiger partial charge in [0.1, 0.15) is 0 Å². The molecule has 48 heavy (non-hydrogen) atoms. The van der Waals surface area contributed by atoms with Gasteiger partial charge in [0.2, 0.25) is 0 Å². The molecule has 8 heteroatoms. The summed E-state index contributed by atoms with van der Waals surface area (Å²) in [5, 5.41) is 17.6. The summed E-state index contributed by atoms with van der Waals surface area (Å²) in [7, 11) is 7.86. The van der Waals surface area contributed by atoms with E-state index in [1.54, 1.807) is 48.5 Å². The minimum absolute atomic E-state index is 0.255. The summed E-state index contributed by atoms with van der Waals surface area (Å²) in [6.07, 6.45) is 16.4. The number of unbranched alkanes of at least 4 members (excludes halogenated alkanes) is 6. The molecule has 0 spiro atoms. The van der Waals surface area contributed by atoms with Crippen LogP contribution in [0.15, 0.2) is 58.3 Å². The Bertz CT molecular complexity index is 962. The van der Waals surface area contributed by atoms with E-state index in [1.807, 2.05) is 0 Å². The van der Waals surface area contributed by atoms with Gasteiger partial charge in [-0.05, 0) is 87.1 Å². The highest BCUT2D eigenvalue weighted by Gasteiger charge is 2.20. The molecule has 0 heterocycles. The molecule has 2 rings (SSSR count). The Hall–Kier alpha value is -2.00. The number of quaternary nitrogens is 2. The number of carbonyl (C=O) groups is 2. The SMILES string of the molecule is CCCC[N+](C)(CCCC)CCCC.CCCC[N+](C)(CCCC)CCCC.O=C(O)c1ccc(SSc2ccc(C(=O)O)cc2)cc1. The number of nitrogens with zero attached hydrogens (tertiary/aromatic N) is 2. The highest BCUT2D eigenvalue weighted by molar-refractivity contribution is 8.76. The van der Waals surface area contributed by atoms with E-state index in [4.69, 9.17) is 10.2 Å². The van der Waals surface area contributed by atoms with Gasteiger partial charge in [0, 0.05) is 9.79 Å². The summed E-state index contributed by atoms with van der Waals surface area (Å²) >= 11 is 0. The molecule has 0 unspecified atom stereocenters. The average Bonchev–Trinajstić information content (AvgIpc) is 3.10. The Morgan fingerprint density at radius 2 is 0.667 bits per heavy atom. The van der Waals surface area contributed by atoms with Crippen LogP contribution in [0.25, 0.3) is 0 Å². The van der Waals surface area contributed by atoms with Crippen molar-refractivity contribution < 1.29 is 28.8 Å². The highest BCUT2D eigenvalue weighted by atomic mass is 33.1. The molecule has 0 saturated heterocycles. The van der Waals surface area contributed by atoms with E-state index in [-0.39, 0.29) is 11.1 Å². The zero-order valence-corrected chi connectivity index (χ0v) is 33.4. The second-order valence-corrected chi connectivity index (χ2v) is 15.8. The van der Waals surface area contributed by atoms with E-state index in [0.717, 1.165) is 9.79 Å². The number of carboxylic acids is 2. The summed E-state index contributed by atoms with van der Waals surface area (Å²) < 4.78 is 2.63. The van der Waals surface area contributed by atoms with Crippen molar-refractivity contribution in [2.45, 2.75) is 128 Å². The number of benzene rings is 2. The van der Waals surface area contributed by atoms with Gasteiger partial charge >= 0.3 is 11.9 Å². The zero-order chi connectivity index (χ0) is 36.3. The smallest absolute Gasteiger partial charge is 0.335 e. The van der Waals surface area contributed by atoms with Crippen LogP contribution in [0.3, 0.4) is 0 Å². The fourth-order valence-electron chi connectivity index (χ4n) is 5.31. The molecule has 0 saturated carbocycles.